The fourth-order valence-electron chi connectivity index (χ4n) is 1.11. The summed E-state index contributed by atoms with van der Waals surface area (Å²) in [4.78, 5) is 19.1. The molecule has 0 amide bonds. The van der Waals surface area contributed by atoms with Gasteiger partial charge in [-0.05, 0) is 6.07 Å². The summed E-state index contributed by atoms with van der Waals surface area (Å²) in [6.07, 6.45) is 3.01. The van der Waals surface area contributed by atoms with Gasteiger partial charge >= 0.3 is 5.97 Å². The van der Waals surface area contributed by atoms with Crippen molar-refractivity contribution in [2.45, 2.75) is 0 Å². The number of halogens is 1. The molecule has 2 heterocycles. The first-order valence-electron chi connectivity index (χ1n) is 3.80. The lowest BCUT2D eigenvalue weighted by atomic mass is 10.5. The van der Waals surface area contributed by atoms with E-state index in [1.165, 1.54) is 17.7 Å². The zero-order valence-electron chi connectivity index (χ0n) is 7.27. The van der Waals surface area contributed by atoms with Crippen molar-refractivity contribution in [2.75, 3.05) is 7.11 Å². The summed E-state index contributed by atoms with van der Waals surface area (Å²) in [7, 11) is 1.31. The van der Waals surface area contributed by atoms with Crippen molar-refractivity contribution in [2.24, 2.45) is 0 Å². The van der Waals surface area contributed by atoms with E-state index in [1.807, 2.05) is 0 Å². The molecular formula is C8H6ClN3O2. The molecule has 6 heteroatoms. The van der Waals surface area contributed by atoms with Crippen LogP contribution in [0.2, 0.25) is 5.15 Å². The molecule has 0 saturated carbocycles. The van der Waals surface area contributed by atoms with Crippen molar-refractivity contribution < 1.29 is 9.53 Å². The molecule has 0 atom stereocenters. The highest BCUT2D eigenvalue weighted by Gasteiger charge is 2.12. The van der Waals surface area contributed by atoms with E-state index in [9.17, 15) is 4.79 Å². The number of hydrogen-bond acceptors (Lipinski definition) is 4. The van der Waals surface area contributed by atoms with E-state index in [2.05, 4.69) is 14.7 Å². The number of methoxy groups -OCH3 is 1. The number of rotatable bonds is 1. The predicted molar refractivity (Wildman–Crippen MR) is 49.3 cm³/mol. The van der Waals surface area contributed by atoms with Gasteiger partial charge in [0.05, 0.1) is 13.3 Å². The van der Waals surface area contributed by atoms with E-state index in [1.54, 1.807) is 12.3 Å². The first kappa shape index (κ1) is 8.96. The Kier molecular flexibility index (Phi) is 2.09. The second-order valence-electron chi connectivity index (χ2n) is 2.56. The Morgan fingerprint density at radius 2 is 2.43 bits per heavy atom. The van der Waals surface area contributed by atoms with E-state index in [0.29, 0.717) is 16.6 Å². The summed E-state index contributed by atoms with van der Waals surface area (Å²) >= 11 is 5.66. The van der Waals surface area contributed by atoms with Gasteiger partial charge in [-0.1, -0.05) is 11.6 Å². The largest absolute Gasteiger partial charge is 0.464 e. The van der Waals surface area contributed by atoms with Gasteiger partial charge in [-0.3, -0.25) is 4.40 Å². The Balaban J connectivity index is 2.64. The lowest BCUT2D eigenvalue weighted by molar-refractivity contribution is 0.0593. The lowest BCUT2D eigenvalue weighted by Crippen LogP contribution is -2.05. The molecule has 0 fully saturated rings. The number of imidazole rings is 1. The van der Waals surface area contributed by atoms with Gasteiger partial charge in [0, 0.05) is 6.20 Å². The summed E-state index contributed by atoms with van der Waals surface area (Å²) in [5, 5.41) is 0.333. The van der Waals surface area contributed by atoms with E-state index in [0.717, 1.165) is 0 Å². The van der Waals surface area contributed by atoms with Gasteiger partial charge < -0.3 is 4.74 Å². The standard InChI is InChI=1S/C8H6ClN3O2/c1-14-7(13)5-4-10-8-11-6(9)2-3-12(5)8/h2-4H,1H3. The Morgan fingerprint density at radius 1 is 1.64 bits per heavy atom. The average Bonchev–Trinajstić information content (AvgIpc) is 2.59. The van der Waals surface area contributed by atoms with Crippen molar-refractivity contribution in [1.29, 1.82) is 0 Å². The van der Waals surface area contributed by atoms with Gasteiger partial charge in [0.1, 0.15) is 5.15 Å². The molecule has 2 rings (SSSR count). The highest BCUT2D eigenvalue weighted by molar-refractivity contribution is 6.29. The molecule has 2 aromatic rings. The summed E-state index contributed by atoms with van der Waals surface area (Å²) < 4.78 is 6.08. The van der Waals surface area contributed by atoms with Crippen LogP contribution in [-0.2, 0) is 4.74 Å². The molecule has 0 spiro atoms. The topological polar surface area (TPSA) is 56.5 Å². The Hall–Kier alpha value is -1.62. The minimum absolute atomic E-state index is 0.326. The highest BCUT2D eigenvalue weighted by atomic mass is 35.5. The molecule has 0 radical (unpaired) electrons. The van der Waals surface area contributed by atoms with Crippen LogP contribution in [0.25, 0.3) is 5.78 Å². The smallest absolute Gasteiger partial charge is 0.356 e. The zero-order valence-corrected chi connectivity index (χ0v) is 8.02. The van der Waals surface area contributed by atoms with Gasteiger partial charge in [0.25, 0.3) is 0 Å². The van der Waals surface area contributed by atoms with Crippen LogP contribution in [0.5, 0.6) is 0 Å². The molecule has 2 aromatic heterocycles. The normalized spacial score (nSPS) is 10.4. The monoisotopic (exact) mass is 211 g/mol. The molecule has 0 aliphatic rings. The van der Waals surface area contributed by atoms with Crippen LogP contribution in [0.15, 0.2) is 18.5 Å². The number of hydrogen-bond donors (Lipinski definition) is 0. The molecule has 14 heavy (non-hydrogen) atoms. The van der Waals surface area contributed by atoms with Crippen molar-refractivity contribution in [3.8, 4) is 0 Å². The van der Waals surface area contributed by atoms with Gasteiger partial charge in [-0.15, -0.1) is 0 Å². The molecular weight excluding hydrogens is 206 g/mol. The Morgan fingerprint density at radius 3 is 3.14 bits per heavy atom. The fraction of sp³-hybridized carbons (Fsp3) is 0.125. The Bertz CT molecular complexity index is 494. The number of nitrogens with zero attached hydrogens (tertiary/aromatic N) is 3. The SMILES string of the molecule is COC(=O)c1cnc2nc(Cl)ccn12. The second-order valence-corrected chi connectivity index (χ2v) is 2.94. The number of carbonyl (C=O) groups is 1. The molecule has 5 nitrogen and oxygen atoms in total. The van der Waals surface area contributed by atoms with Gasteiger partial charge in [-0.2, -0.15) is 0 Å². The number of carbonyl (C=O) groups excluding carboxylic acids is 1. The molecule has 0 aliphatic heterocycles. The quantitative estimate of drug-likeness (QED) is 0.525. The van der Waals surface area contributed by atoms with Crippen molar-refractivity contribution in [1.82, 2.24) is 14.4 Å². The van der Waals surface area contributed by atoms with E-state index in [4.69, 9.17) is 11.6 Å². The third-order valence-electron chi connectivity index (χ3n) is 1.74. The Labute approximate surface area is 84.3 Å². The van der Waals surface area contributed by atoms with Gasteiger partial charge in [0.15, 0.2) is 5.69 Å². The number of ether oxygens (including phenoxy) is 1. The first-order chi connectivity index (χ1) is 6.72. The second kappa shape index (κ2) is 3.26. The van der Waals surface area contributed by atoms with Crippen molar-refractivity contribution in [3.63, 3.8) is 0 Å². The minimum atomic E-state index is -0.457. The summed E-state index contributed by atoms with van der Waals surface area (Å²) in [6.45, 7) is 0. The maximum atomic E-state index is 11.2. The molecule has 0 unspecified atom stereocenters. The summed E-state index contributed by atoms with van der Waals surface area (Å²) in [5.74, 6) is -0.0838. The van der Waals surface area contributed by atoms with Crippen LogP contribution in [0.1, 0.15) is 10.5 Å². The van der Waals surface area contributed by atoms with Gasteiger partial charge in [-0.25, -0.2) is 14.8 Å². The summed E-state index contributed by atoms with van der Waals surface area (Å²) in [6, 6.07) is 1.57. The number of aromatic nitrogens is 3. The summed E-state index contributed by atoms with van der Waals surface area (Å²) in [5.41, 5.74) is 0.326. The third-order valence-corrected chi connectivity index (χ3v) is 1.95. The average molecular weight is 212 g/mol. The van der Waals surface area contributed by atoms with Gasteiger partial charge in [0.2, 0.25) is 5.78 Å². The van der Waals surface area contributed by atoms with Crippen LogP contribution < -0.4 is 0 Å². The predicted octanol–water partition coefficient (Wildman–Crippen LogP) is 1.17. The number of esters is 1. The fourth-order valence-corrected chi connectivity index (χ4v) is 1.24. The maximum absolute atomic E-state index is 11.2. The maximum Gasteiger partial charge on any atom is 0.356 e. The van der Waals surface area contributed by atoms with E-state index < -0.39 is 5.97 Å². The van der Waals surface area contributed by atoms with Crippen molar-refractivity contribution >= 4 is 23.3 Å². The molecule has 0 aliphatic carbocycles. The lowest BCUT2D eigenvalue weighted by Gasteiger charge is -1.98. The van der Waals surface area contributed by atoms with Crippen LogP contribution in [-0.4, -0.2) is 27.4 Å². The third kappa shape index (κ3) is 1.31. The van der Waals surface area contributed by atoms with E-state index >= 15 is 0 Å². The molecule has 72 valence electrons. The van der Waals surface area contributed by atoms with E-state index in [-0.39, 0.29) is 0 Å². The van der Waals surface area contributed by atoms with Crippen LogP contribution >= 0.6 is 11.6 Å². The molecule has 0 bridgehead atoms. The zero-order chi connectivity index (χ0) is 10.1. The molecule has 0 aromatic carbocycles. The molecule has 0 saturated heterocycles. The minimum Gasteiger partial charge on any atom is -0.464 e. The van der Waals surface area contributed by atoms with Crippen LogP contribution in [0.4, 0.5) is 0 Å². The van der Waals surface area contributed by atoms with Crippen molar-refractivity contribution in [3.05, 3.63) is 29.3 Å². The number of fused-ring (bicyclic) bond motifs is 1. The molecule has 0 N–H and O–H groups in total. The highest BCUT2D eigenvalue weighted by Crippen LogP contribution is 2.09. The first-order valence-corrected chi connectivity index (χ1v) is 4.18. The van der Waals surface area contributed by atoms with Crippen LogP contribution in [0.3, 0.4) is 0 Å². The van der Waals surface area contributed by atoms with Crippen LogP contribution in [0, 0.1) is 0 Å².